The zero-order valence-corrected chi connectivity index (χ0v) is 18.5. The molecule has 0 aromatic heterocycles. The molecule has 1 amide bonds. The van der Waals surface area contributed by atoms with Gasteiger partial charge >= 0.3 is 0 Å². The summed E-state index contributed by atoms with van der Waals surface area (Å²) in [5.74, 6) is 1.58. The van der Waals surface area contributed by atoms with Crippen LogP contribution in [0.4, 0.5) is 0 Å². The summed E-state index contributed by atoms with van der Waals surface area (Å²) in [5.41, 5.74) is 2.67. The summed E-state index contributed by atoms with van der Waals surface area (Å²) in [7, 11) is 0. The van der Waals surface area contributed by atoms with E-state index in [2.05, 4.69) is 30.1 Å². The van der Waals surface area contributed by atoms with E-state index in [1.54, 1.807) is 0 Å². The Morgan fingerprint density at radius 3 is 2.68 bits per heavy atom. The van der Waals surface area contributed by atoms with Gasteiger partial charge in [-0.15, -0.1) is 0 Å². The van der Waals surface area contributed by atoms with Crippen molar-refractivity contribution in [3.05, 3.63) is 59.2 Å². The molecule has 4 rings (SSSR count). The minimum absolute atomic E-state index is 0.0362. The zero-order valence-electron chi connectivity index (χ0n) is 18.5. The number of carbonyl (C=O) groups excluding carboxylic acids is 1. The molecular weight excluding hydrogens is 392 g/mol. The second-order valence-corrected chi connectivity index (χ2v) is 8.83. The van der Waals surface area contributed by atoms with Crippen molar-refractivity contribution in [2.45, 2.75) is 38.9 Å². The Kier molecular flexibility index (Phi) is 6.78. The van der Waals surface area contributed by atoms with Crippen LogP contribution in [0.1, 0.15) is 41.8 Å². The lowest BCUT2D eigenvalue weighted by Crippen LogP contribution is -2.38. The van der Waals surface area contributed by atoms with Crippen molar-refractivity contribution in [1.29, 1.82) is 0 Å². The monoisotopic (exact) mass is 424 g/mol. The molecule has 2 aromatic carbocycles. The summed E-state index contributed by atoms with van der Waals surface area (Å²) in [6.07, 6.45) is 1.83. The third-order valence-electron chi connectivity index (χ3n) is 5.71. The molecule has 6 heteroatoms. The maximum absolute atomic E-state index is 12.4. The standard InChI is InChI=1S/C25H32N2O4/c1-25(2)17-21-5-3-6-22(23(21)31-25)30-18-19-7-9-20(10-8-19)24(28)26-11-4-12-27-13-15-29-16-14-27/h3,5-10H,4,11-18H2,1-2H3,(H,26,28). The van der Waals surface area contributed by atoms with E-state index in [0.717, 1.165) is 62.8 Å². The average Bonchev–Trinajstić information content (AvgIpc) is 3.10. The predicted molar refractivity (Wildman–Crippen MR) is 120 cm³/mol. The number of nitrogens with zero attached hydrogens (tertiary/aromatic N) is 1. The van der Waals surface area contributed by atoms with E-state index in [1.807, 2.05) is 36.4 Å². The fraction of sp³-hybridized carbons (Fsp3) is 0.480. The normalized spacial score (nSPS) is 17.6. The van der Waals surface area contributed by atoms with Gasteiger partial charge < -0.3 is 19.5 Å². The molecule has 1 saturated heterocycles. The molecule has 2 heterocycles. The van der Waals surface area contributed by atoms with E-state index in [1.165, 1.54) is 5.56 Å². The first-order valence-electron chi connectivity index (χ1n) is 11.1. The maximum atomic E-state index is 12.4. The number of amides is 1. The Labute approximate surface area is 184 Å². The number of fused-ring (bicyclic) bond motifs is 1. The van der Waals surface area contributed by atoms with Gasteiger partial charge in [0.25, 0.3) is 5.91 Å². The molecule has 2 aliphatic heterocycles. The second kappa shape index (κ2) is 9.71. The highest BCUT2D eigenvalue weighted by atomic mass is 16.5. The molecule has 2 aliphatic rings. The number of para-hydroxylation sites is 1. The Bertz CT molecular complexity index is 889. The van der Waals surface area contributed by atoms with E-state index >= 15 is 0 Å². The van der Waals surface area contributed by atoms with Crippen LogP contribution in [0, 0.1) is 0 Å². The lowest BCUT2D eigenvalue weighted by atomic mass is 10.0. The topological polar surface area (TPSA) is 60.0 Å². The molecule has 31 heavy (non-hydrogen) atoms. The number of benzene rings is 2. The smallest absolute Gasteiger partial charge is 0.251 e. The highest BCUT2D eigenvalue weighted by Gasteiger charge is 2.32. The number of hydrogen-bond donors (Lipinski definition) is 1. The second-order valence-electron chi connectivity index (χ2n) is 8.83. The highest BCUT2D eigenvalue weighted by molar-refractivity contribution is 5.94. The van der Waals surface area contributed by atoms with Crippen LogP contribution in [-0.4, -0.2) is 55.8 Å². The van der Waals surface area contributed by atoms with Crippen LogP contribution in [0.15, 0.2) is 42.5 Å². The summed E-state index contributed by atoms with van der Waals surface area (Å²) in [4.78, 5) is 14.8. The van der Waals surface area contributed by atoms with Gasteiger partial charge in [-0.1, -0.05) is 24.3 Å². The first-order valence-corrected chi connectivity index (χ1v) is 11.1. The van der Waals surface area contributed by atoms with Gasteiger partial charge in [-0.05, 0) is 50.6 Å². The quantitative estimate of drug-likeness (QED) is 0.658. The molecule has 0 radical (unpaired) electrons. The van der Waals surface area contributed by atoms with Gasteiger partial charge in [-0.25, -0.2) is 0 Å². The van der Waals surface area contributed by atoms with Crippen LogP contribution < -0.4 is 14.8 Å². The summed E-state index contributed by atoms with van der Waals surface area (Å²) in [6, 6.07) is 13.6. The Balaban J connectivity index is 1.23. The molecule has 0 bridgehead atoms. The van der Waals surface area contributed by atoms with Crippen LogP contribution in [0.2, 0.25) is 0 Å². The highest BCUT2D eigenvalue weighted by Crippen LogP contribution is 2.41. The summed E-state index contributed by atoms with van der Waals surface area (Å²) >= 11 is 0. The van der Waals surface area contributed by atoms with Crippen molar-refractivity contribution < 1.29 is 19.0 Å². The molecule has 1 fully saturated rings. The van der Waals surface area contributed by atoms with Crippen LogP contribution in [0.3, 0.4) is 0 Å². The molecule has 0 spiro atoms. The number of ether oxygens (including phenoxy) is 3. The van der Waals surface area contributed by atoms with Gasteiger partial charge in [0.1, 0.15) is 12.2 Å². The molecule has 0 unspecified atom stereocenters. The fourth-order valence-electron chi connectivity index (χ4n) is 4.05. The first kappa shape index (κ1) is 21.7. The van der Waals surface area contributed by atoms with Crippen molar-refractivity contribution in [1.82, 2.24) is 10.2 Å². The minimum Gasteiger partial charge on any atom is -0.485 e. The fourth-order valence-corrected chi connectivity index (χ4v) is 4.05. The van der Waals surface area contributed by atoms with Crippen LogP contribution >= 0.6 is 0 Å². The van der Waals surface area contributed by atoms with E-state index in [4.69, 9.17) is 14.2 Å². The minimum atomic E-state index is -0.195. The van der Waals surface area contributed by atoms with Crippen molar-refractivity contribution in [2.24, 2.45) is 0 Å². The molecule has 166 valence electrons. The number of morpholine rings is 1. The first-order chi connectivity index (χ1) is 15.0. The number of carbonyl (C=O) groups is 1. The molecule has 0 aliphatic carbocycles. The molecule has 0 atom stereocenters. The number of hydrogen-bond acceptors (Lipinski definition) is 5. The molecule has 6 nitrogen and oxygen atoms in total. The van der Waals surface area contributed by atoms with Gasteiger partial charge in [0.05, 0.1) is 13.2 Å². The SMILES string of the molecule is CC1(C)Cc2cccc(OCc3ccc(C(=O)NCCCN4CCOCC4)cc3)c2O1. The van der Waals surface area contributed by atoms with Gasteiger partial charge in [0.2, 0.25) is 0 Å². The summed E-state index contributed by atoms with van der Waals surface area (Å²) < 4.78 is 17.4. The van der Waals surface area contributed by atoms with Crippen LogP contribution in [0.25, 0.3) is 0 Å². The Morgan fingerprint density at radius 2 is 1.90 bits per heavy atom. The van der Waals surface area contributed by atoms with E-state index < -0.39 is 0 Å². The third kappa shape index (κ3) is 5.77. The predicted octanol–water partition coefficient (Wildman–Crippen LogP) is 3.43. The average molecular weight is 425 g/mol. The van der Waals surface area contributed by atoms with Gasteiger partial charge in [0.15, 0.2) is 11.5 Å². The largest absolute Gasteiger partial charge is 0.485 e. The lowest BCUT2D eigenvalue weighted by molar-refractivity contribution is 0.0374. The summed E-state index contributed by atoms with van der Waals surface area (Å²) in [6.45, 7) is 9.84. The van der Waals surface area contributed by atoms with E-state index in [-0.39, 0.29) is 11.5 Å². The molecule has 0 saturated carbocycles. The van der Waals surface area contributed by atoms with E-state index in [0.29, 0.717) is 18.7 Å². The Morgan fingerprint density at radius 1 is 1.13 bits per heavy atom. The number of rotatable bonds is 8. The van der Waals surface area contributed by atoms with Crippen molar-refractivity contribution in [2.75, 3.05) is 39.4 Å². The third-order valence-corrected chi connectivity index (χ3v) is 5.71. The van der Waals surface area contributed by atoms with Crippen LogP contribution in [-0.2, 0) is 17.8 Å². The van der Waals surface area contributed by atoms with Crippen molar-refractivity contribution >= 4 is 5.91 Å². The molecule has 2 aromatic rings. The maximum Gasteiger partial charge on any atom is 0.251 e. The van der Waals surface area contributed by atoms with Gasteiger partial charge in [-0.3, -0.25) is 9.69 Å². The van der Waals surface area contributed by atoms with E-state index in [9.17, 15) is 4.79 Å². The zero-order chi connectivity index (χ0) is 21.7. The number of nitrogens with one attached hydrogen (secondary N) is 1. The lowest BCUT2D eigenvalue weighted by Gasteiger charge is -2.26. The summed E-state index contributed by atoms with van der Waals surface area (Å²) in [5, 5.41) is 3.01. The van der Waals surface area contributed by atoms with Crippen molar-refractivity contribution in [3.8, 4) is 11.5 Å². The van der Waals surface area contributed by atoms with Gasteiger partial charge in [0, 0.05) is 37.2 Å². The van der Waals surface area contributed by atoms with Crippen molar-refractivity contribution in [3.63, 3.8) is 0 Å². The van der Waals surface area contributed by atoms with Gasteiger partial charge in [-0.2, -0.15) is 0 Å². The molecule has 1 N–H and O–H groups in total. The van der Waals surface area contributed by atoms with Crippen LogP contribution in [0.5, 0.6) is 11.5 Å². The Hall–Kier alpha value is -2.57. The molecular formula is C25H32N2O4.